The molecule has 0 fully saturated rings. The van der Waals surface area contributed by atoms with Gasteiger partial charge in [-0.2, -0.15) is 0 Å². The Morgan fingerprint density at radius 3 is 2.11 bits per heavy atom. The van der Waals surface area contributed by atoms with Crippen LogP contribution in [0.4, 0.5) is 0 Å². The molecule has 0 bridgehead atoms. The van der Waals surface area contributed by atoms with Crippen LogP contribution < -0.4 is 0 Å². The van der Waals surface area contributed by atoms with Gasteiger partial charge in [-0.1, -0.05) is 0 Å². The molecule has 0 nitrogen and oxygen atoms in total. The summed E-state index contributed by atoms with van der Waals surface area (Å²) in [6, 6.07) is 10.3. The van der Waals surface area contributed by atoms with Gasteiger partial charge in [0.05, 0.1) is 0 Å². The molecule has 0 radical (unpaired) electrons. The molecule has 0 heterocycles. The molecular formula is C8H8Se. The molecule has 1 heteroatoms. The van der Waals surface area contributed by atoms with Gasteiger partial charge >= 0.3 is 62.8 Å². The minimum atomic E-state index is 1.25. The zero-order valence-corrected chi connectivity index (χ0v) is 7.01. The second-order valence-corrected chi connectivity index (χ2v) is 3.21. The fourth-order valence-electron chi connectivity index (χ4n) is 0.673. The number of rotatable bonds is 1. The topological polar surface area (TPSA) is 0 Å². The van der Waals surface area contributed by atoms with Crippen LogP contribution in [-0.4, -0.2) is 20.0 Å². The van der Waals surface area contributed by atoms with Gasteiger partial charge in [0, 0.05) is 0 Å². The van der Waals surface area contributed by atoms with Gasteiger partial charge < -0.3 is 0 Å². The van der Waals surface area contributed by atoms with Gasteiger partial charge in [0.15, 0.2) is 0 Å². The Labute approximate surface area is 63.3 Å². The van der Waals surface area contributed by atoms with E-state index in [0.29, 0.717) is 0 Å². The summed E-state index contributed by atoms with van der Waals surface area (Å²) in [4.78, 5) is 0. The van der Waals surface area contributed by atoms with Gasteiger partial charge in [-0.25, -0.2) is 0 Å². The standard InChI is InChI=1S/C8H8Se/c1-7(9)8-5-3-2-4-6-8/h2-6H,1H3. The van der Waals surface area contributed by atoms with Crippen molar-refractivity contribution in [2.75, 3.05) is 0 Å². The summed E-state index contributed by atoms with van der Waals surface area (Å²) in [5, 5.41) is 0. The molecule has 46 valence electrons. The van der Waals surface area contributed by atoms with Crippen LogP contribution in [0.3, 0.4) is 0 Å². The van der Waals surface area contributed by atoms with Crippen molar-refractivity contribution in [2.45, 2.75) is 6.92 Å². The van der Waals surface area contributed by atoms with Crippen LogP contribution >= 0.6 is 0 Å². The van der Waals surface area contributed by atoms with E-state index in [4.69, 9.17) is 0 Å². The Bertz CT molecular complexity index is 201. The third kappa shape index (κ3) is 1.78. The first kappa shape index (κ1) is 6.73. The molecule has 0 aliphatic rings. The van der Waals surface area contributed by atoms with Gasteiger partial charge in [0.25, 0.3) is 0 Å². The zero-order chi connectivity index (χ0) is 6.69. The van der Waals surface area contributed by atoms with Gasteiger partial charge in [0.2, 0.25) is 0 Å². The molecule has 1 rings (SSSR count). The van der Waals surface area contributed by atoms with Crippen LogP contribution in [0, 0.1) is 0 Å². The summed E-state index contributed by atoms with van der Waals surface area (Å²) in [5.41, 5.74) is 1.28. The molecule has 0 atom stereocenters. The third-order valence-electron chi connectivity index (χ3n) is 1.18. The Balaban J connectivity index is 2.98. The van der Waals surface area contributed by atoms with Crippen molar-refractivity contribution < 1.29 is 0 Å². The SMILES string of the molecule is CC(=[Se])c1ccccc1. The Kier molecular flexibility index (Phi) is 2.21. The van der Waals surface area contributed by atoms with Crippen LogP contribution in [0.2, 0.25) is 0 Å². The monoisotopic (exact) mass is 184 g/mol. The molecule has 0 amide bonds. The van der Waals surface area contributed by atoms with E-state index in [0.717, 1.165) is 0 Å². The van der Waals surface area contributed by atoms with Crippen LogP contribution in [-0.2, 0) is 0 Å². The molecular weight excluding hydrogens is 175 g/mol. The molecule has 0 aliphatic carbocycles. The maximum absolute atomic E-state index is 2.97. The molecule has 0 spiro atoms. The van der Waals surface area contributed by atoms with Gasteiger partial charge in [-0.3, -0.25) is 0 Å². The van der Waals surface area contributed by atoms with E-state index in [2.05, 4.69) is 34.6 Å². The van der Waals surface area contributed by atoms with Crippen LogP contribution in [0.25, 0.3) is 0 Å². The first-order valence-electron chi connectivity index (χ1n) is 2.86. The number of hydrogen-bond donors (Lipinski definition) is 0. The molecule has 0 aliphatic heterocycles. The Morgan fingerprint density at radius 2 is 1.78 bits per heavy atom. The van der Waals surface area contributed by atoms with E-state index in [1.165, 1.54) is 9.98 Å². The fourth-order valence-corrected chi connectivity index (χ4v) is 0.958. The summed E-state index contributed by atoms with van der Waals surface area (Å²) in [5.74, 6) is 0. The normalized spacial score (nSPS) is 9.00. The summed E-state index contributed by atoms with van der Waals surface area (Å²) in [6.07, 6.45) is 0. The average Bonchev–Trinajstić information content (AvgIpc) is 1.90. The first-order valence-corrected chi connectivity index (χ1v) is 3.72. The average molecular weight is 183 g/mol. The summed E-state index contributed by atoms with van der Waals surface area (Å²) < 4.78 is 1.25. The second-order valence-electron chi connectivity index (χ2n) is 1.92. The first-order chi connectivity index (χ1) is 4.30. The number of hydrogen-bond acceptors (Lipinski definition) is 0. The van der Waals surface area contributed by atoms with Crippen LogP contribution in [0.5, 0.6) is 0 Å². The van der Waals surface area contributed by atoms with Crippen molar-refractivity contribution in [1.82, 2.24) is 0 Å². The predicted molar refractivity (Wildman–Crippen MR) is 42.0 cm³/mol. The molecule has 0 N–H and O–H groups in total. The summed E-state index contributed by atoms with van der Waals surface area (Å²) in [6.45, 7) is 2.06. The molecule has 9 heavy (non-hydrogen) atoms. The van der Waals surface area contributed by atoms with Crippen molar-refractivity contribution in [3.05, 3.63) is 35.9 Å². The van der Waals surface area contributed by atoms with E-state index < -0.39 is 0 Å². The van der Waals surface area contributed by atoms with Crippen molar-refractivity contribution in [2.24, 2.45) is 0 Å². The van der Waals surface area contributed by atoms with E-state index in [1.54, 1.807) is 0 Å². The predicted octanol–water partition coefficient (Wildman–Crippen LogP) is 1.40. The van der Waals surface area contributed by atoms with E-state index in [9.17, 15) is 0 Å². The van der Waals surface area contributed by atoms with E-state index in [1.807, 2.05) is 18.2 Å². The maximum atomic E-state index is 2.97. The number of benzene rings is 1. The molecule has 0 aromatic heterocycles. The third-order valence-corrected chi connectivity index (χ3v) is 1.67. The Hall–Kier alpha value is -0.391. The molecule has 1 aromatic rings. The van der Waals surface area contributed by atoms with Crippen molar-refractivity contribution in [3.8, 4) is 0 Å². The van der Waals surface area contributed by atoms with Gasteiger partial charge in [-0.05, 0) is 0 Å². The summed E-state index contributed by atoms with van der Waals surface area (Å²) >= 11 is 2.97. The minimum absolute atomic E-state index is 1.25. The Morgan fingerprint density at radius 1 is 1.22 bits per heavy atom. The fraction of sp³-hybridized carbons (Fsp3) is 0.125. The van der Waals surface area contributed by atoms with E-state index >= 15 is 0 Å². The van der Waals surface area contributed by atoms with Gasteiger partial charge in [-0.15, -0.1) is 0 Å². The van der Waals surface area contributed by atoms with Crippen molar-refractivity contribution in [1.29, 1.82) is 0 Å². The van der Waals surface area contributed by atoms with Gasteiger partial charge in [0.1, 0.15) is 0 Å². The molecule has 1 aromatic carbocycles. The zero-order valence-electron chi connectivity index (χ0n) is 5.29. The van der Waals surface area contributed by atoms with Crippen molar-refractivity contribution >= 4 is 20.0 Å². The van der Waals surface area contributed by atoms with Crippen LogP contribution in [0.15, 0.2) is 30.3 Å². The van der Waals surface area contributed by atoms with E-state index in [-0.39, 0.29) is 0 Å². The summed E-state index contributed by atoms with van der Waals surface area (Å²) in [7, 11) is 0. The molecule has 0 unspecified atom stereocenters. The second kappa shape index (κ2) is 2.95. The van der Waals surface area contributed by atoms with Crippen molar-refractivity contribution in [3.63, 3.8) is 0 Å². The van der Waals surface area contributed by atoms with Crippen LogP contribution in [0.1, 0.15) is 12.5 Å². The molecule has 0 saturated heterocycles. The quantitative estimate of drug-likeness (QED) is 0.577. The molecule has 0 saturated carbocycles.